The maximum absolute atomic E-state index is 12.5. The molecule has 8 heteroatoms. The predicted octanol–water partition coefficient (Wildman–Crippen LogP) is 0.288. The molecule has 1 heterocycles. The van der Waals surface area contributed by atoms with Gasteiger partial charge in [-0.1, -0.05) is 24.3 Å². The fourth-order valence-electron chi connectivity index (χ4n) is 3.18. The van der Waals surface area contributed by atoms with Crippen LogP contribution in [0.5, 0.6) is 0 Å². The third-order valence-electron chi connectivity index (χ3n) is 5.28. The highest BCUT2D eigenvalue weighted by Crippen LogP contribution is 2.27. The van der Waals surface area contributed by atoms with Gasteiger partial charge in [-0.15, -0.1) is 0 Å². The molecule has 0 radical (unpaired) electrons. The average Bonchev–Trinajstić information content (AvgIpc) is 3.44. The van der Waals surface area contributed by atoms with Crippen LogP contribution in [-0.2, 0) is 22.7 Å². The van der Waals surface area contributed by atoms with Gasteiger partial charge in [-0.25, -0.2) is 0 Å². The molecule has 3 rings (SSSR count). The van der Waals surface area contributed by atoms with Crippen molar-refractivity contribution in [3.63, 3.8) is 0 Å². The molecule has 2 amide bonds. The number of amides is 2. The summed E-state index contributed by atoms with van der Waals surface area (Å²) in [6, 6.07) is 6.88. The number of hydrogen-bond acceptors (Lipinski definition) is 6. The predicted molar refractivity (Wildman–Crippen MR) is 108 cm³/mol. The van der Waals surface area contributed by atoms with Gasteiger partial charge in [0.25, 0.3) is 11.8 Å². The van der Waals surface area contributed by atoms with Gasteiger partial charge in [-0.3, -0.25) is 9.59 Å². The summed E-state index contributed by atoms with van der Waals surface area (Å²) in [4.78, 5) is 26.1. The fraction of sp³-hybridized carbons (Fsp3) is 0.476. The number of aliphatic hydroxyl groups is 2. The normalized spacial score (nSPS) is 18.8. The highest BCUT2D eigenvalue weighted by atomic mass is 16.3. The Morgan fingerprint density at radius 3 is 2.41 bits per heavy atom. The minimum absolute atomic E-state index is 0.143. The lowest BCUT2D eigenvalue weighted by atomic mass is 10.1. The summed E-state index contributed by atoms with van der Waals surface area (Å²) in [5.74, 6) is -0.876. The van der Waals surface area contributed by atoms with E-state index in [1.165, 1.54) is 17.7 Å². The second-order valence-corrected chi connectivity index (χ2v) is 7.72. The molecule has 0 bridgehead atoms. The Labute approximate surface area is 170 Å². The topological polar surface area (TPSA) is 126 Å². The van der Waals surface area contributed by atoms with E-state index in [1.807, 2.05) is 24.3 Å². The molecule has 1 saturated carbocycles. The maximum Gasteiger partial charge on any atom is 0.255 e. The van der Waals surface area contributed by atoms with E-state index in [-0.39, 0.29) is 5.71 Å². The van der Waals surface area contributed by atoms with E-state index in [9.17, 15) is 19.8 Å². The van der Waals surface area contributed by atoms with Crippen molar-refractivity contribution < 1.29 is 19.8 Å². The molecule has 0 aromatic heterocycles. The molecular weight excluding hydrogens is 372 g/mol. The molecule has 1 aliphatic carbocycles. The fourth-order valence-corrected chi connectivity index (χ4v) is 3.18. The summed E-state index contributed by atoms with van der Waals surface area (Å²) < 4.78 is 0. The minimum atomic E-state index is -1.90. The van der Waals surface area contributed by atoms with Crippen molar-refractivity contribution in [1.29, 1.82) is 5.41 Å². The number of benzene rings is 1. The van der Waals surface area contributed by atoms with E-state index in [1.54, 1.807) is 19.2 Å². The SMILES string of the molecule is C[C@@H](NC(=O)[C@H](O)[C@@H](O)C(=O)N1Cc2ccccc2C1)C(=N)/C=C\NCC1CC1. The monoisotopic (exact) mass is 400 g/mol. The lowest BCUT2D eigenvalue weighted by molar-refractivity contribution is -0.153. The summed E-state index contributed by atoms with van der Waals surface area (Å²) in [6.07, 6.45) is 1.91. The lowest BCUT2D eigenvalue weighted by Crippen LogP contribution is -2.52. The molecule has 156 valence electrons. The summed E-state index contributed by atoms with van der Waals surface area (Å²) in [6.45, 7) is 3.14. The second-order valence-electron chi connectivity index (χ2n) is 7.72. The molecule has 3 atom stereocenters. The maximum atomic E-state index is 12.5. The zero-order valence-electron chi connectivity index (χ0n) is 16.5. The minimum Gasteiger partial charge on any atom is -0.391 e. The quantitative estimate of drug-likeness (QED) is 0.381. The van der Waals surface area contributed by atoms with Crippen LogP contribution in [-0.4, -0.2) is 57.4 Å². The van der Waals surface area contributed by atoms with Crippen LogP contribution in [0.4, 0.5) is 0 Å². The number of nitrogens with zero attached hydrogens (tertiary/aromatic N) is 1. The van der Waals surface area contributed by atoms with Gasteiger partial charge < -0.3 is 31.2 Å². The Morgan fingerprint density at radius 2 is 1.83 bits per heavy atom. The van der Waals surface area contributed by atoms with E-state index in [0.29, 0.717) is 19.0 Å². The van der Waals surface area contributed by atoms with Crippen molar-refractivity contribution >= 4 is 17.5 Å². The highest BCUT2D eigenvalue weighted by Gasteiger charge is 2.36. The third-order valence-corrected chi connectivity index (χ3v) is 5.28. The number of carbonyl (C=O) groups excluding carboxylic acids is 2. The molecule has 5 N–H and O–H groups in total. The van der Waals surface area contributed by atoms with Crippen LogP contribution in [0.2, 0.25) is 0 Å². The number of carbonyl (C=O) groups is 2. The summed E-state index contributed by atoms with van der Waals surface area (Å²) >= 11 is 0. The Morgan fingerprint density at radius 1 is 1.21 bits per heavy atom. The molecular formula is C21H28N4O4. The van der Waals surface area contributed by atoms with Crippen molar-refractivity contribution in [2.45, 2.75) is 51.1 Å². The molecule has 2 aliphatic rings. The van der Waals surface area contributed by atoms with Crippen LogP contribution >= 0.6 is 0 Å². The molecule has 1 aromatic carbocycles. The van der Waals surface area contributed by atoms with Gasteiger partial charge >= 0.3 is 0 Å². The number of rotatable bonds is 9. The summed E-state index contributed by atoms with van der Waals surface area (Å²) in [5.41, 5.74) is 2.11. The molecule has 0 unspecified atom stereocenters. The standard InChI is InChI=1S/C21H28N4O4/c1-13(17(22)8-9-23-10-14-6-7-14)24-20(28)18(26)19(27)21(29)25-11-15-4-2-3-5-16(15)12-25/h2-5,8-9,13-14,18-19,22-23,26-27H,6-7,10-12H2,1H3,(H,24,28)/b9-8-,22-17?/t13-,18-,19-/m1/s1. The van der Waals surface area contributed by atoms with Gasteiger partial charge in [0.2, 0.25) is 0 Å². The molecule has 1 aliphatic heterocycles. The van der Waals surface area contributed by atoms with Gasteiger partial charge in [0.05, 0.1) is 11.8 Å². The Hall–Kier alpha value is -2.71. The van der Waals surface area contributed by atoms with Gasteiger partial charge in [-0.05, 0) is 49.1 Å². The largest absolute Gasteiger partial charge is 0.391 e. The van der Waals surface area contributed by atoms with Crippen molar-refractivity contribution in [2.24, 2.45) is 5.92 Å². The molecule has 0 saturated heterocycles. The summed E-state index contributed by atoms with van der Waals surface area (Å²) in [7, 11) is 0. The smallest absolute Gasteiger partial charge is 0.255 e. The number of aliphatic hydroxyl groups excluding tert-OH is 2. The molecule has 29 heavy (non-hydrogen) atoms. The first-order valence-corrected chi connectivity index (χ1v) is 9.87. The third kappa shape index (κ3) is 5.42. The van der Waals surface area contributed by atoms with Gasteiger partial charge in [-0.2, -0.15) is 0 Å². The molecule has 1 fully saturated rings. The van der Waals surface area contributed by atoms with Crippen molar-refractivity contribution in [3.8, 4) is 0 Å². The van der Waals surface area contributed by atoms with E-state index in [2.05, 4.69) is 10.6 Å². The Balaban J connectivity index is 1.47. The van der Waals surface area contributed by atoms with Crippen molar-refractivity contribution in [3.05, 3.63) is 47.7 Å². The zero-order chi connectivity index (χ0) is 21.0. The van der Waals surface area contributed by atoms with Crippen LogP contribution < -0.4 is 10.6 Å². The van der Waals surface area contributed by atoms with Crippen molar-refractivity contribution in [1.82, 2.24) is 15.5 Å². The highest BCUT2D eigenvalue weighted by molar-refractivity contribution is 6.00. The van der Waals surface area contributed by atoms with Gasteiger partial charge in [0, 0.05) is 19.6 Å². The Bertz CT molecular complexity index is 781. The van der Waals surface area contributed by atoms with E-state index < -0.39 is 30.1 Å². The van der Waals surface area contributed by atoms with Gasteiger partial charge in [0.15, 0.2) is 12.2 Å². The zero-order valence-corrected chi connectivity index (χ0v) is 16.5. The van der Waals surface area contributed by atoms with Crippen LogP contribution in [0.1, 0.15) is 30.9 Å². The van der Waals surface area contributed by atoms with E-state index in [4.69, 9.17) is 5.41 Å². The number of fused-ring (bicyclic) bond motifs is 1. The Kier molecular flexibility index (Phi) is 6.66. The summed E-state index contributed by atoms with van der Waals surface area (Å²) in [5, 5.41) is 33.9. The molecule has 1 aromatic rings. The van der Waals surface area contributed by atoms with E-state index >= 15 is 0 Å². The molecule has 8 nitrogen and oxygen atoms in total. The van der Waals surface area contributed by atoms with E-state index in [0.717, 1.165) is 17.7 Å². The first-order chi connectivity index (χ1) is 13.9. The van der Waals surface area contributed by atoms with Crippen LogP contribution in [0, 0.1) is 11.3 Å². The average molecular weight is 400 g/mol. The molecule has 0 spiro atoms. The van der Waals surface area contributed by atoms with Crippen LogP contribution in [0.25, 0.3) is 0 Å². The first-order valence-electron chi connectivity index (χ1n) is 9.87. The first kappa shape index (κ1) is 21.0. The number of hydrogen-bond donors (Lipinski definition) is 5. The van der Waals surface area contributed by atoms with Crippen molar-refractivity contribution in [2.75, 3.05) is 6.54 Å². The van der Waals surface area contributed by atoms with Gasteiger partial charge in [0.1, 0.15) is 0 Å². The second kappa shape index (κ2) is 9.19. The van der Waals surface area contributed by atoms with Crippen LogP contribution in [0.3, 0.4) is 0 Å². The van der Waals surface area contributed by atoms with Crippen LogP contribution in [0.15, 0.2) is 36.5 Å². The lowest BCUT2D eigenvalue weighted by Gasteiger charge is -2.23. The number of nitrogens with one attached hydrogen (secondary N) is 3.